The molecule has 0 saturated carbocycles. The maximum atomic E-state index is 12.8. The Hall–Kier alpha value is -2.08. The number of amides is 2. The van der Waals surface area contributed by atoms with Gasteiger partial charge in [0.15, 0.2) is 0 Å². The molecule has 0 unspecified atom stereocenters. The minimum atomic E-state index is -0.675. The second-order valence-electron chi connectivity index (χ2n) is 7.56. The van der Waals surface area contributed by atoms with E-state index < -0.39 is 17.6 Å². The zero-order valence-corrected chi connectivity index (χ0v) is 15.2. The summed E-state index contributed by atoms with van der Waals surface area (Å²) in [5.41, 5.74) is 0.445. The summed E-state index contributed by atoms with van der Waals surface area (Å²) in [6.45, 7) is 6.90. The van der Waals surface area contributed by atoms with E-state index in [2.05, 4.69) is 5.32 Å². The normalized spacial score (nSPS) is 17.0. The summed E-state index contributed by atoms with van der Waals surface area (Å²) in [4.78, 5) is 26.7. The van der Waals surface area contributed by atoms with Crippen LogP contribution in [0.2, 0.25) is 0 Å². The number of benzene rings is 1. The van der Waals surface area contributed by atoms with Gasteiger partial charge < -0.3 is 20.1 Å². The Kier molecular flexibility index (Phi) is 6.42. The summed E-state index contributed by atoms with van der Waals surface area (Å²) >= 11 is 0. The summed E-state index contributed by atoms with van der Waals surface area (Å²) in [5, 5.41) is 12.3. The molecule has 2 rings (SSSR count). The summed E-state index contributed by atoms with van der Waals surface area (Å²) in [7, 11) is 0. The third-order valence-corrected chi connectivity index (χ3v) is 4.36. The van der Waals surface area contributed by atoms with Crippen molar-refractivity contribution in [3.63, 3.8) is 0 Å². The van der Waals surface area contributed by atoms with Crippen molar-refractivity contribution in [1.29, 1.82) is 0 Å². The average Bonchev–Trinajstić information content (AvgIpc) is 2.58. The first-order chi connectivity index (χ1) is 11.8. The predicted octanol–water partition coefficient (Wildman–Crippen LogP) is 2.31. The minimum absolute atomic E-state index is 0.129. The fourth-order valence-corrected chi connectivity index (χ4v) is 2.80. The average molecular weight is 348 g/mol. The van der Waals surface area contributed by atoms with Crippen LogP contribution in [0.1, 0.15) is 39.2 Å². The molecule has 1 saturated heterocycles. The monoisotopic (exact) mass is 348 g/mol. The van der Waals surface area contributed by atoms with E-state index in [4.69, 9.17) is 4.74 Å². The highest BCUT2D eigenvalue weighted by molar-refractivity contribution is 5.86. The van der Waals surface area contributed by atoms with Crippen molar-refractivity contribution < 1.29 is 19.4 Å². The molecule has 6 nitrogen and oxygen atoms in total. The number of alkyl carbamates (subject to hydrolysis) is 1. The number of carbonyl (C=O) groups excluding carboxylic acids is 2. The predicted molar refractivity (Wildman–Crippen MR) is 94.8 cm³/mol. The number of aliphatic hydroxyl groups excluding tert-OH is 1. The number of hydrogen-bond acceptors (Lipinski definition) is 4. The first kappa shape index (κ1) is 19.2. The number of likely N-dealkylation sites (tertiary alicyclic amines) is 1. The molecule has 1 fully saturated rings. The van der Waals surface area contributed by atoms with Crippen LogP contribution in [0.3, 0.4) is 0 Å². The number of hydrogen-bond donors (Lipinski definition) is 2. The highest BCUT2D eigenvalue weighted by Gasteiger charge is 2.37. The van der Waals surface area contributed by atoms with Crippen molar-refractivity contribution in [3.05, 3.63) is 35.9 Å². The SMILES string of the molecule is CC(C)(C)[C@H](NC(=O)OCc1ccccc1)C(=O)N1CCC(O)CC1. The Balaban J connectivity index is 1.95. The van der Waals surface area contributed by atoms with Gasteiger partial charge in [0.2, 0.25) is 5.91 Å². The number of piperidine rings is 1. The Labute approximate surface area is 149 Å². The fraction of sp³-hybridized carbons (Fsp3) is 0.579. The largest absolute Gasteiger partial charge is 0.445 e. The number of nitrogens with one attached hydrogen (secondary N) is 1. The van der Waals surface area contributed by atoms with E-state index >= 15 is 0 Å². The lowest BCUT2D eigenvalue weighted by Crippen LogP contribution is -2.56. The van der Waals surface area contributed by atoms with Gasteiger partial charge in [0.1, 0.15) is 12.6 Å². The molecule has 0 bridgehead atoms. The molecule has 6 heteroatoms. The van der Waals surface area contributed by atoms with Crippen molar-refractivity contribution in [1.82, 2.24) is 10.2 Å². The first-order valence-corrected chi connectivity index (χ1v) is 8.71. The van der Waals surface area contributed by atoms with E-state index in [9.17, 15) is 14.7 Å². The number of aliphatic hydroxyl groups is 1. The molecule has 0 radical (unpaired) electrons. The van der Waals surface area contributed by atoms with Crippen LogP contribution in [0.4, 0.5) is 4.79 Å². The molecule has 1 aliphatic rings. The van der Waals surface area contributed by atoms with Crippen molar-refractivity contribution in [2.45, 2.75) is 52.4 Å². The Morgan fingerprint density at radius 3 is 2.40 bits per heavy atom. The van der Waals surface area contributed by atoms with E-state index in [1.807, 2.05) is 51.1 Å². The molecule has 0 spiro atoms. The second kappa shape index (κ2) is 8.34. The third-order valence-electron chi connectivity index (χ3n) is 4.36. The molecule has 1 aliphatic heterocycles. The number of ether oxygens (including phenoxy) is 1. The molecule has 25 heavy (non-hydrogen) atoms. The number of nitrogens with zero attached hydrogens (tertiary/aromatic N) is 1. The van der Waals surface area contributed by atoms with Gasteiger partial charge in [0.25, 0.3) is 0 Å². The molecule has 138 valence electrons. The maximum absolute atomic E-state index is 12.8. The van der Waals surface area contributed by atoms with E-state index in [1.165, 1.54) is 0 Å². The number of rotatable bonds is 4. The van der Waals surface area contributed by atoms with E-state index in [-0.39, 0.29) is 18.6 Å². The van der Waals surface area contributed by atoms with Crippen molar-refractivity contribution in [3.8, 4) is 0 Å². The molecule has 1 heterocycles. The molecule has 2 N–H and O–H groups in total. The van der Waals surface area contributed by atoms with E-state index in [0.29, 0.717) is 25.9 Å². The topological polar surface area (TPSA) is 78.9 Å². The van der Waals surface area contributed by atoms with Crippen LogP contribution < -0.4 is 5.32 Å². The van der Waals surface area contributed by atoms with Crippen LogP contribution >= 0.6 is 0 Å². The molecule has 0 aromatic heterocycles. The highest BCUT2D eigenvalue weighted by atomic mass is 16.5. The standard InChI is InChI=1S/C19H28N2O4/c1-19(2,3)16(17(23)21-11-9-15(22)10-12-21)20-18(24)25-13-14-7-5-4-6-8-14/h4-8,15-16,22H,9-13H2,1-3H3,(H,20,24)/t16-/m1/s1. The Bertz CT molecular complexity index is 575. The fourth-order valence-electron chi connectivity index (χ4n) is 2.80. The van der Waals surface area contributed by atoms with Gasteiger partial charge in [-0.1, -0.05) is 51.1 Å². The maximum Gasteiger partial charge on any atom is 0.408 e. The lowest BCUT2D eigenvalue weighted by molar-refractivity contribution is -0.138. The summed E-state index contributed by atoms with van der Waals surface area (Å²) in [6, 6.07) is 8.72. The summed E-state index contributed by atoms with van der Waals surface area (Å²) in [5.74, 6) is -0.129. The van der Waals surface area contributed by atoms with Crippen LogP contribution in [-0.2, 0) is 16.1 Å². The van der Waals surface area contributed by atoms with E-state index in [0.717, 1.165) is 5.56 Å². The van der Waals surface area contributed by atoms with Crippen LogP contribution in [0.15, 0.2) is 30.3 Å². The molecular weight excluding hydrogens is 320 g/mol. The van der Waals surface area contributed by atoms with E-state index in [1.54, 1.807) is 4.90 Å². The zero-order chi connectivity index (χ0) is 18.4. The Morgan fingerprint density at radius 1 is 1.24 bits per heavy atom. The summed E-state index contributed by atoms with van der Waals surface area (Å²) < 4.78 is 5.25. The van der Waals surface area contributed by atoms with Crippen molar-refractivity contribution >= 4 is 12.0 Å². The van der Waals surface area contributed by atoms with Gasteiger partial charge in [-0.2, -0.15) is 0 Å². The number of carbonyl (C=O) groups is 2. The molecule has 2 amide bonds. The van der Waals surface area contributed by atoms with Gasteiger partial charge >= 0.3 is 6.09 Å². The molecule has 1 aromatic rings. The van der Waals surface area contributed by atoms with Crippen molar-refractivity contribution in [2.75, 3.05) is 13.1 Å². The minimum Gasteiger partial charge on any atom is -0.445 e. The van der Waals surface area contributed by atoms with Gasteiger partial charge in [-0.15, -0.1) is 0 Å². The van der Waals surface area contributed by atoms with Crippen LogP contribution in [-0.4, -0.2) is 47.2 Å². The van der Waals surface area contributed by atoms with Crippen LogP contribution in [0, 0.1) is 5.41 Å². The third kappa shape index (κ3) is 5.74. The highest BCUT2D eigenvalue weighted by Crippen LogP contribution is 2.23. The van der Waals surface area contributed by atoms with Crippen molar-refractivity contribution in [2.24, 2.45) is 5.41 Å². The second-order valence-corrected chi connectivity index (χ2v) is 7.56. The molecule has 1 atom stereocenters. The lowest BCUT2D eigenvalue weighted by Gasteiger charge is -2.37. The van der Waals surface area contributed by atoms with Crippen LogP contribution in [0.5, 0.6) is 0 Å². The molecular formula is C19H28N2O4. The molecule has 1 aromatic carbocycles. The first-order valence-electron chi connectivity index (χ1n) is 8.71. The zero-order valence-electron chi connectivity index (χ0n) is 15.2. The quantitative estimate of drug-likeness (QED) is 0.875. The van der Waals surface area contributed by atoms with Gasteiger partial charge in [0, 0.05) is 13.1 Å². The smallest absolute Gasteiger partial charge is 0.408 e. The Morgan fingerprint density at radius 2 is 1.84 bits per heavy atom. The van der Waals surface area contributed by atoms with Gasteiger partial charge in [-0.05, 0) is 23.8 Å². The van der Waals surface area contributed by atoms with Gasteiger partial charge in [0.05, 0.1) is 6.10 Å². The van der Waals surface area contributed by atoms with Gasteiger partial charge in [-0.3, -0.25) is 4.79 Å². The molecule has 0 aliphatic carbocycles. The van der Waals surface area contributed by atoms with Gasteiger partial charge in [-0.25, -0.2) is 4.79 Å². The van der Waals surface area contributed by atoms with Crippen LogP contribution in [0.25, 0.3) is 0 Å². The summed E-state index contributed by atoms with van der Waals surface area (Å²) in [6.07, 6.45) is 0.192. The lowest BCUT2D eigenvalue weighted by atomic mass is 9.85.